The van der Waals surface area contributed by atoms with Gasteiger partial charge in [-0.05, 0) is 24.5 Å². The van der Waals surface area contributed by atoms with Crippen molar-refractivity contribution in [2.24, 2.45) is 0 Å². The minimum Gasteiger partial charge on any atom is -0.440 e. The fourth-order valence-electron chi connectivity index (χ4n) is 1.13. The molecule has 1 heterocycles. The number of hydrogen-bond acceptors (Lipinski definition) is 3. The Morgan fingerprint density at radius 3 is 3.15 bits per heavy atom. The van der Waals surface area contributed by atoms with Crippen LogP contribution < -0.4 is 0 Å². The number of rotatable bonds is 2. The highest BCUT2D eigenvalue weighted by molar-refractivity contribution is 9.10. The Morgan fingerprint density at radius 1 is 1.54 bits per heavy atom. The summed E-state index contributed by atoms with van der Waals surface area (Å²) in [7, 11) is 0. The van der Waals surface area contributed by atoms with Gasteiger partial charge in [0.1, 0.15) is 5.52 Å². The second kappa shape index (κ2) is 3.72. The highest BCUT2D eigenvalue weighted by atomic mass is 79.9. The van der Waals surface area contributed by atoms with Crippen molar-refractivity contribution in [1.82, 2.24) is 4.98 Å². The van der Waals surface area contributed by atoms with Gasteiger partial charge in [-0.2, -0.15) is 11.8 Å². The normalized spacial score (nSPS) is 10.9. The fraction of sp³-hybridized carbons (Fsp3) is 0.222. The summed E-state index contributed by atoms with van der Waals surface area (Å²) in [4.78, 5) is 4.34. The predicted molar refractivity (Wildman–Crippen MR) is 58.9 cm³/mol. The summed E-state index contributed by atoms with van der Waals surface area (Å²) in [5.74, 6) is 1.62. The van der Waals surface area contributed by atoms with E-state index in [4.69, 9.17) is 4.42 Å². The Labute approximate surface area is 88.8 Å². The number of aromatic nitrogens is 1. The number of thioether (sulfide) groups is 1. The monoisotopic (exact) mass is 257 g/mol. The summed E-state index contributed by atoms with van der Waals surface area (Å²) < 4.78 is 6.55. The number of oxazole rings is 1. The lowest BCUT2D eigenvalue weighted by atomic mass is 10.3. The van der Waals surface area contributed by atoms with Gasteiger partial charge < -0.3 is 4.42 Å². The third-order valence-electron chi connectivity index (χ3n) is 1.66. The van der Waals surface area contributed by atoms with Gasteiger partial charge in [0.25, 0.3) is 0 Å². The Kier molecular flexibility index (Phi) is 2.60. The molecular weight excluding hydrogens is 250 g/mol. The first-order valence-corrected chi connectivity index (χ1v) is 6.02. The maximum absolute atomic E-state index is 5.53. The van der Waals surface area contributed by atoms with Crippen LogP contribution in [0.15, 0.2) is 27.1 Å². The number of benzene rings is 1. The zero-order valence-electron chi connectivity index (χ0n) is 7.08. The van der Waals surface area contributed by atoms with Crippen LogP contribution in [0.25, 0.3) is 11.1 Å². The maximum atomic E-state index is 5.53. The van der Waals surface area contributed by atoms with Crippen LogP contribution >= 0.6 is 27.7 Å². The van der Waals surface area contributed by atoms with Gasteiger partial charge >= 0.3 is 0 Å². The molecule has 0 bridgehead atoms. The minimum absolute atomic E-state index is 0.792. The van der Waals surface area contributed by atoms with Crippen LogP contribution in [0.5, 0.6) is 0 Å². The highest BCUT2D eigenvalue weighted by Gasteiger charge is 2.04. The molecule has 0 aliphatic carbocycles. The average Bonchev–Trinajstić information content (AvgIpc) is 2.46. The van der Waals surface area contributed by atoms with E-state index in [1.165, 1.54) is 0 Å². The SMILES string of the molecule is CSCc1nc2ccc(Br)cc2o1. The first kappa shape index (κ1) is 9.09. The lowest BCUT2D eigenvalue weighted by molar-refractivity contribution is 0.556. The van der Waals surface area contributed by atoms with Gasteiger partial charge in [-0.15, -0.1) is 0 Å². The Morgan fingerprint density at radius 2 is 2.38 bits per heavy atom. The van der Waals surface area contributed by atoms with Crippen LogP contribution in [0.4, 0.5) is 0 Å². The van der Waals surface area contributed by atoms with Crippen molar-refractivity contribution in [3.05, 3.63) is 28.6 Å². The van der Waals surface area contributed by atoms with E-state index in [0.717, 1.165) is 27.2 Å². The zero-order chi connectivity index (χ0) is 9.26. The third-order valence-corrected chi connectivity index (χ3v) is 2.69. The van der Waals surface area contributed by atoms with Gasteiger partial charge in [-0.1, -0.05) is 15.9 Å². The van der Waals surface area contributed by atoms with E-state index in [1.54, 1.807) is 11.8 Å². The van der Waals surface area contributed by atoms with Gasteiger partial charge in [0.2, 0.25) is 5.89 Å². The predicted octanol–water partition coefficient (Wildman–Crippen LogP) is 3.45. The molecule has 4 heteroatoms. The minimum atomic E-state index is 0.792. The second-order valence-corrected chi connectivity index (χ2v) is 4.43. The Hall–Kier alpha value is -0.480. The van der Waals surface area contributed by atoms with E-state index in [1.807, 2.05) is 24.5 Å². The molecule has 68 valence electrons. The van der Waals surface area contributed by atoms with E-state index in [9.17, 15) is 0 Å². The summed E-state index contributed by atoms with van der Waals surface area (Å²) in [5.41, 5.74) is 1.77. The fourth-order valence-corrected chi connectivity index (χ4v) is 1.84. The standard InChI is InChI=1S/C9H8BrNOS/c1-13-5-9-11-7-3-2-6(10)4-8(7)12-9/h2-4H,5H2,1H3. The molecule has 1 aromatic carbocycles. The Bertz CT molecular complexity index is 426. The number of fused-ring (bicyclic) bond motifs is 1. The molecule has 0 atom stereocenters. The molecule has 0 aliphatic heterocycles. The molecule has 0 N–H and O–H groups in total. The maximum Gasteiger partial charge on any atom is 0.205 e. The first-order chi connectivity index (χ1) is 6.29. The molecule has 0 radical (unpaired) electrons. The Balaban J connectivity index is 2.49. The molecular formula is C9H8BrNOS. The molecule has 1 aromatic heterocycles. The van der Waals surface area contributed by atoms with Gasteiger partial charge in [-0.3, -0.25) is 0 Å². The van der Waals surface area contributed by atoms with E-state index in [-0.39, 0.29) is 0 Å². The molecule has 0 saturated carbocycles. The van der Waals surface area contributed by atoms with Crippen molar-refractivity contribution in [2.75, 3.05) is 6.26 Å². The van der Waals surface area contributed by atoms with Crippen LogP contribution in [0.2, 0.25) is 0 Å². The molecule has 13 heavy (non-hydrogen) atoms. The van der Waals surface area contributed by atoms with Crippen LogP contribution in [-0.2, 0) is 5.75 Å². The van der Waals surface area contributed by atoms with E-state index in [0.29, 0.717) is 0 Å². The highest BCUT2D eigenvalue weighted by Crippen LogP contribution is 2.21. The van der Waals surface area contributed by atoms with Crippen LogP contribution in [0.3, 0.4) is 0 Å². The van der Waals surface area contributed by atoms with Crippen molar-refractivity contribution in [3.63, 3.8) is 0 Å². The first-order valence-electron chi connectivity index (χ1n) is 3.83. The molecule has 0 spiro atoms. The molecule has 0 saturated heterocycles. The van der Waals surface area contributed by atoms with Gasteiger partial charge in [0.15, 0.2) is 5.58 Å². The largest absolute Gasteiger partial charge is 0.440 e. The summed E-state index contributed by atoms with van der Waals surface area (Å²) in [5, 5.41) is 0. The lowest BCUT2D eigenvalue weighted by Gasteiger charge is -1.87. The molecule has 2 nitrogen and oxygen atoms in total. The van der Waals surface area contributed by atoms with Crippen LogP contribution in [0, 0.1) is 0 Å². The zero-order valence-corrected chi connectivity index (χ0v) is 9.48. The van der Waals surface area contributed by atoms with Crippen LogP contribution in [0.1, 0.15) is 5.89 Å². The molecule has 0 fully saturated rings. The molecule has 0 amide bonds. The van der Waals surface area contributed by atoms with Crippen molar-refractivity contribution >= 4 is 38.8 Å². The summed E-state index contributed by atoms with van der Waals surface area (Å²) >= 11 is 5.09. The molecule has 0 aliphatic rings. The summed E-state index contributed by atoms with van der Waals surface area (Å²) in [6.45, 7) is 0. The number of hydrogen-bond donors (Lipinski definition) is 0. The molecule has 2 rings (SSSR count). The van der Waals surface area contributed by atoms with E-state index in [2.05, 4.69) is 20.9 Å². The van der Waals surface area contributed by atoms with E-state index < -0.39 is 0 Å². The smallest absolute Gasteiger partial charge is 0.205 e. The van der Waals surface area contributed by atoms with Crippen molar-refractivity contribution in [1.29, 1.82) is 0 Å². The average molecular weight is 258 g/mol. The van der Waals surface area contributed by atoms with Gasteiger partial charge in [-0.25, -0.2) is 4.98 Å². The number of nitrogens with zero attached hydrogens (tertiary/aromatic N) is 1. The second-order valence-electron chi connectivity index (χ2n) is 2.65. The van der Waals surface area contributed by atoms with Crippen molar-refractivity contribution < 1.29 is 4.42 Å². The molecule has 0 unspecified atom stereocenters. The van der Waals surface area contributed by atoms with Crippen molar-refractivity contribution in [2.45, 2.75) is 5.75 Å². The van der Waals surface area contributed by atoms with Gasteiger partial charge in [0.05, 0.1) is 5.75 Å². The van der Waals surface area contributed by atoms with Gasteiger partial charge in [0, 0.05) is 4.47 Å². The van der Waals surface area contributed by atoms with Crippen molar-refractivity contribution in [3.8, 4) is 0 Å². The summed E-state index contributed by atoms with van der Waals surface area (Å²) in [6, 6.07) is 5.85. The number of halogens is 1. The topological polar surface area (TPSA) is 26.0 Å². The summed E-state index contributed by atoms with van der Waals surface area (Å²) in [6.07, 6.45) is 2.03. The third kappa shape index (κ3) is 1.89. The lowest BCUT2D eigenvalue weighted by Crippen LogP contribution is -1.75. The molecule has 2 aromatic rings. The van der Waals surface area contributed by atoms with E-state index >= 15 is 0 Å². The van der Waals surface area contributed by atoms with Crippen LogP contribution in [-0.4, -0.2) is 11.2 Å². The quantitative estimate of drug-likeness (QED) is 0.825.